The number of anilines is 1. The number of ether oxygens (including phenoxy) is 2. The maximum Gasteiger partial charge on any atom is 0.251 e. The zero-order chi connectivity index (χ0) is 21.3. The van der Waals surface area contributed by atoms with Crippen molar-refractivity contribution in [3.8, 4) is 11.5 Å². The van der Waals surface area contributed by atoms with Crippen LogP contribution in [-0.2, 0) is 11.3 Å². The molecule has 0 bridgehead atoms. The topological polar surface area (TPSA) is 89.8 Å². The molecule has 30 heavy (non-hydrogen) atoms. The van der Waals surface area contributed by atoms with Gasteiger partial charge in [-0.1, -0.05) is 12.1 Å². The summed E-state index contributed by atoms with van der Waals surface area (Å²) < 4.78 is 15.6. The summed E-state index contributed by atoms with van der Waals surface area (Å²) in [7, 11) is 3.11. The maximum absolute atomic E-state index is 12.3. The Kier molecular flexibility index (Phi) is 6.89. The van der Waals surface area contributed by atoms with E-state index in [4.69, 9.17) is 13.9 Å². The molecule has 154 valence electrons. The lowest BCUT2D eigenvalue weighted by Crippen LogP contribution is -2.22. The predicted molar refractivity (Wildman–Crippen MR) is 114 cm³/mol. The molecule has 0 fully saturated rings. The number of benzene rings is 2. The van der Waals surface area contributed by atoms with Gasteiger partial charge in [-0.25, -0.2) is 0 Å². The molecule has 0 atom stereocenters. The molecule has 0 aliphatic heterocycles. The lowest BCUT2D eigenvalue weighted by atomic mass is 10.1. The number of hydrogen-bond acceptors (Lipinski definition) is 5. The normalized spacial score (nSPS) is 10.6. The Morgan fingerprint density at radius 3 is 2.57 bits per heavy atom. The van der Waals surface area contributed by atoms with E-state index in [1.54, 1.807) is 75.1 Å². The second-order valence-electron chi connectivity index (χ2n) is 6.28. The van der Waals surface area contributed by atoms with Gasteiger partial charge in [-0.3, -0.25) is 9.59 Å². The lowest BCUT2D eigenvalue weighted by Gasteiger charge is -2.08. The number of methoxy groups -OCH3 is 2. The van der Waals surface area contributed by atoms with Crippen molar-refractivity contribution in [1.29, 1.82) is 0 Å². The molecule has 0 radical (unpaired) electrons. The first-order valence-corrected chi connectivity index (χ1v) is 9.21. The highest BCUT2D eigenvalue weighted by Gasteiger charge is 2.08. The minimum atomic E-state index is -0.321. The quantitative estimate of drug-likeness (QED) is 0.554. The molecule has 3 aromatic rings. The van der Waals surface area contributed by atoms with Crippen molar-refractivity contribution in [2.24, 2.45) is 0 Å². The second-order valence-corrected chi connectivity index (χ2v) is 6.28. The molecular weight excluding hydrogens is 384 g/mol. The van der Waals surface area contributed by atoms with Crippen molar-refractivity contribution in [1.82, 2.24) is 5.32 Å². The molecule has 0 saturated carbocycles. The molecule has 1 aromatic heterocycles. The van der Waals surface area contributed by atoms with Crippen LogP contribution in [0, 0.1) is 0 Å². The summed E-state index contributed by atoms with van der Waals surface area (Å²) in [5, 5.41) is 5.52. The third-order valence-electron chi connectivity index (χ3n) is 4.23. The number of nitrogens with one attached hydrogen (secondary N) is 2. The molecule has 0 unspecified atom stereocenters. The minimum Gasteiger partial charge on any atom is -0.493 e. The van der Waals surface area contributed by atoms with Gasteiger partial charge in [0, 0.05) is 17.3 Å². The highest BCUT2D eigenvalue weighted by Crippen LogP contribution is 2.28. The van der Waals surface area contributed by atoms with Crippen LogP contribution in [0.25, 0.3) is 6.08 Å². The molecule has 0 aliphatic rings. The molecule has 7 heteroatoms. The number of rotatable bonds is 8. The van der Waals surface area contributed by atoms with Crippen LogP contribution in [0.2, 0.25) is 0 Å². The largest absolute Gasteiger partial charge is 0.493 e. The van der Waals surface area contributed by atoms with Gasteiger partial charge in [-0.15, -0.1) is 0 Å². The average molecular weight is 406 g/mol. The average Bonchev–Trinajstić information content (AvgIpc) is 3.29. The molecule has 0 spiro atoms. The van der Waals surface area contributed by atoms with Crippen LogP contribution >= 0.6 is 0 Å². The van der Waals surface area contributed by atoms with Crippen LogP contribution in [0.4, 0.5) is 5.69 Å². The van der Waals surface area contributed by atoms with Crippen LogP contribution < -0.4 is 20.1 Å². The first-order chi connectivity index (χ1) is 14.6. The second kappa shape index (κ2) is 9.97. The first-order valence-electron chi connectivity index (χ1n) is 9.21. The third-order valence-corrected chi connectivity index (χ3v) is 4.23. The number of amides is 2. The fraction of sp³-hybridized carbons (Fsp3) is 0.130. The Labute approximate surface area is 174 Å². The van der Waals surface area contributed by atoms with Crippen LogP contribution in [0.5, 0.6) is 11.5 Å². The van der Waals surface area contributed by atoms with Crippen LogP contribution in [0.1, 0.15) is 21.7 Å². The maximum atomic E-state index is 12.3. The SMILES string of the molecule is COc1ccc(/C=C/C(=O)Nc2cccc(C(=O)NCc3ccco3)c2)cc1OC. The predicted octanol–water partition coefficient (Wildman–Crippen LogP) is 3.88. The van der Waals surface area contributed by atoms with E-state index in [-0.39, 0.29) is 18.4 Å². The fourth-order valence-corrected chi connectivity index (χ4v) is 2.73. The third kappa shape index (κ3) is 5.51. The number of hydrogen-bond donors (Lipinski definition) is 2. The van der Waals surface area contributed by atoms with Gasteiger partial charge in [-0.05, 0) is 54.1 Å². The molecule has 7 nitrogen and oxygen atoms in total. The van der Waals surface area contributed by atoms with E-state index in [0.717, 1.165) is 5.56 Å². The van der Waals surface area contributed by atoms with Crippen LogP contribution in [0.15, 0.2) is 71.4 Å². The Hall–Kier alpha value is -4.00. The summed E-state index contributed by atoms with van der Waals surface area (Å²) in [6.45, 7) is 0.288. The summed E-state index contributed by atoms with van der Waals surface area (Å²) in [4.78, 5) is 24.6. The number of carbonyl (C=O) groups is 2. The smallest absolute Gasteiger partial charge is 0.251 e. The number of furan rings is 1. The Morgan fingerprint density at radius 1 is 1.00 bits per heavy atom. The monoisotopic (exact) mass is 406 g/mol. The minimum absolute atomic E-state index is 0.261. The van der Waals surface area contributed by atoms with E-state index < -0.39 is 0 Å². The van der Waals surface area contributed by atoms with E-state index in [0.29, 0.717) is 28.5 Å². The molecule has 0 saturated heterocycles. The molecule has 2 aromatic carbocycles. The van der Waals surface area contributed by atoms with Gasteiger partial charge in [0.25, 0.3) is 5.91 Å². The van der Waals surface area contributed by atoms with Crippen molar-refractivity contribution >= 4 is 23.6 Å². The zero-order valence-electron chi connectivity index (χ0n) is 16.7. The van der Waals surface area contributed by atoms with E-state index in [2.05, 4.69) is 10.6 Å². The fourth-order valence-electron chi connectivity index (χ4n) is 2.73. The standard InChI is InChI=1S/C23H22N2O5/c1-28-20-10-8-16(13-21(20)29-2)9-11-22(26)25-18-6-3-5-17(14-18)23(27)24-15-19-7-4-12-30-19/h3-14H,15H2,1-2H3,(H,24,27)(H,25,26)/b11-9+. The van der Waals surface area contributed by atoms with Crippen molar-refractivity contribution in [3.05, 3.63) is 83.8 Å². The molecule has 2 N–H and O–H groups in total. The van der Waals surface area contributed by atoms with Gasteiger partial charge in [0.05, 0.1) is 27.0 Å². The van der Waals surface area contributed by atoms with Gasteiger partial charge < -0.3 is 24.5 Å². The Morgan fingerprint density at radius 2 is 1.83 bits per heavy atom. The molecular formula is C23H22N2O5. The van der Waals surface area contributed by atoms with Crippen LogP contribution in [-0.4, -0.2) is 26.0 Å². The van der Waals surface area contributed by atoms with Gasteiger partial charge in [-0.2, -0.15) is 0 Å². The summed E-state index contributed by atoms with van der Waals surface area (Å²) in [5.74, 6) is 1.27. The highest BCUT2D eigenvalue weighted by atomic mass is 16.5. The zero-order valence-corrected chi connectivity index (χ0v) is 16.7. The van der Waals surface area contributed by atoms with Crippen LogP contribution in [0.3, 0.4) is 0 Å². The molecule has 0 aliphatic carbocycles. The summed E-state index contributed by atoms with van der Waals surface area (Å²) >= 11 is 0. The van der Waals surface area contributed by atoms with Crippen molar-refractivity contribution < 1.29 is 23.5 Å². The summed E-state index contributed by atoms with van der Waals surface area (Å²) in [6, 6.07) is 15.6. The Bertz CT molecular complexity index is 1040. The Balaban J connectivity index is 1.60. The summed E-state index contributed by atoms with van der Waals surface area (Å²) in [6.07, 6.45) is 4.62. The van der Waals surface area contributed by atoms with Gasteiger partial charge in [0.1, 0.15) is 5.76 Å². The lowest BCUT2D eigenvalue weighted by molar-refractivity contribution is -0.111. The van der Waals surface area contributed by atoms with Crippen molar-refractivity contribution in [2.45, 2.75) is 6.54 Å². The summed E-state index contributed by atoms with van der Waals surface area (Å²) in [5.41, 5.74) is 1.74. The van der Waals surface area contributed by atoms with Crippen molar-refractivity contribution in [3.63, 3.8) is 0 Å². The van der Waals surface area contributed by atoms with Gasteiger partial charge in [0.15, 0.2) is 11.5 Å². The van der Waals surface area contributed by atoms with Crippen molar-refractivity contribution in [2.75, 3.05) is 19.5 Å². The van der Waals surface area contributed by atoms with Gasteiger partial charge >= 0.3 is 0 Å². The van der Waals surface area contributed by atoms with E-state index in [1.165, 1.54) is 6.08 Å². The van der Waals surface area contributed by atoms with E-state index in [9.17, 15) is 9.59 Å². The number of carbonyl (C=O) groups excluding carboxylic acids is 2. The van der Waals surface area contributed by atoms with Gasteiger partial charge in [0.2, 0.25) is 5.91 Å². The first kappa shape index (κ1) is 20.7. The highest BCUT2D eigenvalue weighted by molar-refractivity contribution is 6.03. The van der Waals surface area contributed by atoms with E-state index in [1.807, 2.05) is 6.07 Å². The molecule has 2 amide bonds. The van der Waals surface area contributed by atoms with E-state index >= 15 is 0 Å². The molecule has 3 rings (SSSR count). The molecule has 1 heterocycles.